The Morgan fingerprint density at radius 2 is 2.06 bits per heavy atom. The standard InChI is InChI=1S/C13H15NO3S/c1-9-4-2-3-5-10(9)18-8-11(15)14-13(6-7-13)12(16)17/h2-5H,6-8H2,1H3,(H,14,15)(H,16,17). The van der Waals surface area contributed by atoms with E-state index in [1.165, 1.54) is 11.8 Å². The number of thioether (sulfide) groups is 1. The number of carbonyl (C=O) groups excluding carboxylic acids is 1. The SMILES string of the molecule is Cc1ccccc1SCC(=O)NC1(C(=O)O)CC1. The zero-order valence-electron chi connectivity index (χ0n) is 10.1. The number of carboxylic acid groups (broad SMARTS) is 1. The van der Waals surface area contributed by atoms with E-state index in [0.717, 1.165) is 10.5 Å². The molecule has 5 heteroatoms. The van der Waals surface area contributed by atoms with Crippen molar-refractivity contribution in [3.8, 4) is 0 Å². The van der Waals surface area contributed by atoms with E-state index < -0.39 is 11.5 Å². The highest BCUT2D eigenvalue weighted by molar-refractivity contribution is 8.00. The Kier molecular flexibility index (Phi) is 3.61. The van der Waals surface area contributed by atoms with Crippen molar-refractivity contribution in [3.63, 3.8) is 0 Å². The second-order valence-corrected chi connectivity index (χ2v) is 5.51. The lowest BCUT2D eigenvalue weighted by Gasteiger charge is -2.12. The first-order chi connectivity index (χ1) is 8.53. The second-order valence-electron chi connectivity index (χ2n) is 4.49. The van der Waals surface area contributed by atoms with Gasteiger partial charge < -0.3 is 10.4 Å². The monoisotopic (exact) mass is 265 g/mol. The zero-order chi connectivity index (χ0) is 13.2. The van der Waals surface area contributed by atoms with Crippen LogP contribution in [0.5, 0.6) is 0 Å². The van der Waals surface area contributed by atoms with Crippen molar-refractivity contribution in [2.24, 2.45) is 0 Å². The van der Waals surface area contributed by atoms with E-state index in [1.54, 1.807) is 0 Å². The Hall–Kier alpha value is -1.49. The molecule has 2 N–H and O–H groups in total. The Morgan fingerprint density at radius 3 is 2.61 bits per heavy atom. The maximum Gasteiger partial charge on any atom is 0.329 e. The lowest BCUT2D eigenvalue weighted by molar-refractivity contribution is -0.142. The number of aliphatic carboxylic acids is 1. The van der Waals surface area contributed by atoms with Gasteiger partial charge in [-0.3, -0.25) is 4.79 Å². The van der Waals surface area contributed by atoms with Crippen LogP contribution in [0, 0.1) is 6.92 Å². The van der Waals surface area contributed by atoms with Crippen LogP contribution in [-0.4, -0.2) is 28.3 Å². The number of hydrogen-bond donors (Lipinski definition) is 2. The minimum absolute atomic E-state index is 0.219. The molecule has 0 bridgehead atoms. The van der Waals surface area contributed by atoms with Crippen LogP contribution in [0.2, 0.25) is 0 Å². The summed E-state index contributed by atoms with van der Waals surface area (Å²) < 4.78 is 0. The predicted molar refractivity (Wildman–Crippen MR) is 69.6 cm³/mol. The smallest absolute Gasteiger partial charge is 0.329 e. The molecule has 1 aliphatic rings. The normalized spacial score (nSPS) is 16.1. The molecular formula is C13H15NO3S. The molecule has 0 atom stereocenters. The quantitative estimate of drug-likeness (QED) is 0.797. The summed E-state index contributed by atoms with van der Waals surface area (Å²) in [5.74, 6) is -0.903. The van der Waals surface area contributed by atoms with Gasteiger partial charge in [-0.1, -0.05) is 18.2 Å². The van der Waals surface area contributed by atoms with Crippen molar-refractivity contribution in [2.45, 2.75) is 30.2 Å². The molecule has 0 aromatic heterocycles. The summed E-state index contributed by atoms with van der Waals surface area (Å²) >= 11 is 1.43. The average Bonchev–Trinajstić information content (AvgIpc) is 3.09. The third-order valence-electron chi connectivity index (χ3n) is 2.99. The van der Waals surface area contributed by atoms with E-state index in [1.807, 2.05) is 31.2 Å². The third-order valence-corrected chi connectivity index (χ3v) is 4.17. The summed E-state index contributed by atoms with van der Waals surface area (Å²) in [4.78, 5) is 23.7. The summed E-state index contributed by atoms with van der Waals surface area (Å²) in [5, 5.41) is 11.6. The molecule has 18 heavy (non-hydrogen) atoms. The van der Waals surface area contributed by atoms with Crippen molar-refractivity contribution in [2.75, 3.05) is 5.75 Å². The van der Waals surface area contributed by atoms with Crippen molar-refractivity contribution in [3.05, 3.63) is 29.8 Å². The summed E-state index contributed by atoms with van der Waals surface area (Å²) in [5.41, 5.74) is 0.137. The highest BCUT2D eigenvalue weighted by atomic mass is 32.2. The van der Waals surface area contributed by atoms with Gasteiger partial charge in [0.2, 0.25) is 5.91 Å². The highest BCUT2D eigenvalue weighted by Gasteiger charge is 2.51. The number of carbonyl (C=O) groups is 2. The minimum Gasteiger partial charge on any atom is -0.480 e. The van der Waals surface area contributed by atoms with Gasteiger partial charge in [0.1, 0.15) is 5.54 Å². The topological polar surface area (TPSA) is 66.4 Å². The van der Waals surface area contributed by atoms with Gasteiger partial charge in [0.25, 0.3) is 0 Å². The second kappa shape index (κ2) is 5.02. The maximum atomic E-state index is 11.7. The number of rotatable bonds is 5. The van der Waals surface area contributed by atoms with Gasteiger partial charge in [-0.05, 0) is 31.4 Å². The van der Waals surface area contributed by atoms with Crippen LogP contribution in [0.1, 0.15) is 18.4 Å². The van der Waals surface area contributed by atoms with Crippen molar-refractivity contribution in [1.29, 1.82) is 0 Å². The van der Waals surface area contributed by atoms with Crippen LogP contribution in [0.25, 0.3) is 0 Å². The first kappa shape index (κ1) is 13.0. The molecule has 1 aromatic rings. The fourth-order valence-corrected chi connectivity index (χ4v) is 2.51. The van der Waals surface area contributed by atoms with Crippen LogP contribution >= 0.6 is 11.8 Å². The highest BCUT2D eigenvalue weighted by Crippen LogP contribution is 2.35. The molecule has 2 rings (SSSR count). The summed E-state index contributed by atoms with van der Waals surface area (Å²) in [6, 6.07) is 7.81. The van der Waals surface area contributed by atoms with Gasteiger partial charge >= 0.3 is 5.97 Å². The molecule has 0 aliphatic heterocycles. The Bertz CT molecular complexity index is 483. The molecule has 0 heterocycles. The molecule has 0 radical (unpaired) electrons. The molecular weight excluding hydrogens is 250 g/mol. The van der Waals surface area contributed by atoms with Crippen molar-refractivity contribution >= 4 is 23.6 Å². The molecule has 1 fully saturated rings. The van der Waals surface area contributed by atoms with Crippen LogP contribution in [0.3, 0.4) is 0 Å². The van der Waals surface area contributed by atoms with Gasteiger partial charge in [0.05, 0.1) is 5.75 Å². The van der Waals surface area contributed by atoms with Crippen molar-refractivity contribution < 1.29 is 14.7 Å². The third kappa shape index (κ3) is 2.85. The van der Waals surface area contributed by atoms with Gasteiger partial charge in [-0.25, -0.2) is 4.79 Å². The first-order valence-corrected chi connectivity index (χ1v) is 6.75. The number of carboxylic acids is 1. The van der Waals surface area contributed by atoms with E-state index >= 15 is 0 Å². The van der Waals surface area contributed by atoms with E-state index in [2.05, 4.69) is 5.32 Å². The number of benzene rings is 1. The largest absolute Gasteiger partial charge is 0.480 e. The number of aryl methyl sites for hydroxylation is 1. The molecule has 1 amide bonds. The molecule has 1 aromatic carbocycles. The Balaban J connectivity index is 1.86. The Morgan fingerprint density at radius 1 is 1.39 bits per heavy atom. The predicted octanol–water partition coefficient (Wildman–Crippen LogP) is 1.82. The van der Waals surface area contributed by atoms with Gasteiger partial charge in [0, 0.05) is 4.90 Å². The van der Waals surface area contributed by atoms with Gasteiger partial charge in [0.15, 0.2) is 0 Å². The van der Waals surface area contributed by atoms with E-state index in [-0.39, 0.29) is 11.7 Å². The van der Waals surface area contributed by atoms with Crippen LogP contribution in [0.15, 0.2) is 29.2 Å². The summed E-state index contributed by atoms with van der Waals surface area (Å²) in [6.45, 7) is 1.99. The Labute approximate surface area is 110 Å². The fourth-order valence-electron chi connectivity index (χ4n) is 1.68. The van der Waals surface area contributed by atoms with Crippen molar-refractivity contribution in [1.82, 2.24) is 5.32 Å². The molecule has 0 spiro atoms. The fraction of sp³-hybridized carbons (Fsp3) is 0.385. The molecule has 0 unspecified atom stereocenters. The molecule has 4 nitrogen and oxygen atoms in total. The molecule has 96 valence electrons. The lowest BCUT2D eigenvalue weighted by Crippen LogP contribution is -2.43. The molecule has 1 saturated carbocycles. The van der Waals surface area contributed by atoms with E-state index in [9.17, 15) is 9.59 Å². The van der Waals surface area contributed by atoms with Crippen LogP contribution in [0.4, 0.5) is 0 Å². The molecule has 1 aliphatic carbocycles. The number of nitrogens with one attached hydrogen (secondary N) is 1. The average molecular weight is 265 g/mol. The van der Waals surface area contributed by atoms with E-state index in [4.69, 9.17) is 5.11 Å². The lowest BCUT2D eigenvalue weighted by atomic mass is 10.2. The van der Waals surface area contributed by atoms with Crippen LogP contribution in [-0.2, 0) is 9.59 Å². The van der Waals surface area contributed by atoms with Gasteiger partial charge in [-0.15, -0.1) is 11.8 Å². The van der Waals surface area contributed by atoms with Gasteiger partial charge in [-0.2, -0.15) is 0 Å². The van der Waals surface area contributed by atoms with E-state index in [0.29, 0.717) is 12.8 Å². The first-order valence-electron chi connectivity index (χ1n) is 5.76. The number of amides is 1. The summed E-state index contributed by atoms with van der Waals surface area (Å²) in [7, 11) is 0. The minimum atomic E-state index is -0.983. The maximum absolute atomic E-state index is 11.7. The summed E-state index contributed by atoms with van der Waals surface area (Å²) in [6.07, 6.45) is 1.06. The number of hydrogen-bond acceptors (Lipinski definition) is 3. The van der Waals surface area contributed by atoms with Crippen LogP contribution < -0.4 is 5.32 Å². The molecule has 0 saturated heterocycles. The zero-order valence-corrected chi connectivity index (χ0v) is 10.9.